The van der Waals surface area contributed by atoms with Gasteiger partial charge in [-0.1, -0.05) is 18.2 Å². The molecule has 2 atom stereocenters. The average molecular weight is 418 g/mol. The minimum Gasteiger partial charge on any atom is -0.491 e. The van der Waals surface area contributed by atoms with Crippen molar-refractivity contribution in [2.75, 3.05) is 19.7 Å². The third kappa shape index (κ3) is 3.87. The summed E-state index contributed by atoms with van der Waals surface area (Å²) in [5, 5.41) is 0. The number of pyridine rings is 1. The molecule has 0 unspecified atom stereocenters. The molecule has 4 heterocycles. The first kappa shape index (κ1) is 19.6. The van der Waals surface area contributed by atoms with Crippen LogP contribution in [-0.2, 0) is 17.9 Å². The Kier molecular flexibility index (Phi) is 5.10. The summed E-state index contributed by atoms with van der Waals surface area (Å²) in [6, 6.07) is 11.7. The molecule has 1 saturated heterocycles. The van der Waals surface area contributed by atoms with Crippen molar-refractivity contribution in [2.24, 2.45) is 5.92 Å². The average Bonchev–Trinajstić information content (AvgIpc) is 3.28. The van der Waals surface area contributed by atoms with Gasteiger partial charge in [0.25, 0.3) is 5.56 Å². The molecule has 2 bridgehead atoms. The van der Waals surface area contributed by atoms with Gasteiger partial charge < -0.3 is 18.8 Å². The fourth-order valence-electron chi connectivity index (χ4n) is 4.88. The molecule has 2 aliphatic heterocycles. The van der Waals surface area contributed by atoms with E-state index in [1.165, 1.54) is 0 Å². The van der Waals surface area contributed by atoms with Crippen LogP contribution in [0.4, 0.5) is 0 Å². The van der Waals surface area contributed by atoms with E-state index in [0.29, 0.717) is 32.2 Å². The molecular weight excluding hydrogens is 392 g/mol. The highest BCUT2D eigenvalue weighted by molar-refractivity contribution is 5.74. The molecule has 0 N–H and O–H groups in total. The summed E-state index contributed by atoms with van der Waals surface area (Å²) >= 11 is 0. The molecule has 7 nitrogen and oxygen atoms in total. The number of nitrogens with zero attached hydrogens (tertiary/aromatic N) is 4. The second-order valence-electron chi connectivity index (χ2n) is 8.49. The van der Waals surface area contributed by atoms with Crippen molar-refractivity contribution in [1.29, 1.82) is 0 Å². The number of carbonyl (C=O) groups excluding carboxylic acids is 1. The van der Waals surface area contributed by atoms with Gasteiger partial charge in [0.15, 0.2) is 0 Å². The lowest BCUT2D eigenvalue weighted by Crippen LogP contribution is -2.48. The molecule has 160 valence electrons. The van der Waals surface area contributed by atoms with Crippen LogP contribution < -0.4 is 10.3 Å². The van der Waals surface area contributed by atoms with Crippen molar-refractivity contribution in [2.45, 2.75) is 32.4 Å². The van der Waals surface area contributed by atoms with Crippen LogP contribution in [0.2, 0.25) is 0 Å². The number of carbonyl (C=O) groups is 1. The number of likely N-dealkylation sites (tertiary alicyclic amines) is 1. The van der Waals surface area contributed by atoms with Gasteiger partial charge >= 0.3 is 0 Å². The Morgan fingerprint density at radius 2 is 2.06 bits per heavy atom. The standard InChI is InChI=1S/C24H26N4O3/c1-17(29)27-13-18-10-20(15-27)22-11-19(12-24(30)28(22)14-18)21-4-2-3-5-23(21)31-9-8-26-7-6-25-16-26/h2-7,11-12,16,18,20H,8-10,13-15H2,1H3/t18-,20+/m0/s1. The summed E-state index contributed by atoms with van der Waals surface area (Å²) < 4.78 is 9.94. The Morgan fingerprint density at radius 3 is 2.87 bits per heavy atom. The van der Waals surface area contributed by atoms with Crippen molar-refractivity contribution in [3.63, 3.8) is 0 Å². The highest BCUT2D eigenvalue weighted by Crippen LogP contribution is 2.38. The number of piperidine rings is 1. The number of rotatable bonds is 5. The zero-order valence-corrected chi connectivity index (χ0v) is 17.6. The van der Waals surface area contributed by atoms with Crippen molar-refractivity contribution < 1.29 is 9.53 Å². The van der Waals surface area contributed by atoms with Gasteiger partial charge in [-0.2, -0.15) is 0 Å². The summed E-state index contributed by atoms with van der Waals surface area (Å²) in [5.41, 5.74) is 2.83. The smallest absolute Gasteiger partial charge is 0.251 e. The number of aromatic nitrogens is 3. The van der Waals surface area contributed by atoms with Gasteiger partial charge in [0.05, 0.1) is 12.9 Å². The van der Waals surface area contributed by atoms with E-state index in [1.54, 1.807) is 25.5 Å². The largest absolute Gasteiger partial charge is 0.491 e. The molecule has 1 fully saturated rings. The zero-order chi connectivity index (χ0) is 21.4. The fourth-order valence-corrected chi connectivity index (χ4v) is 4.88. The van der Waals surface area contributed by atoms with Gasteiger partial charge in [-0.3, -0.25) is 9.59 Å². The van der Waals surface area contributed by atoms with E-state index >= 15 is 0 Å². The second kappa shape index (κ2) is 8.06. The van der Waals surface area contributed by atoms with E-state index < -0.39 is 0 Å². The lowest BCUT2D eigenvalue weighted by atomic mass is 9.82. The fraction of sp³-hybridized carbons (Fsp3) is 0.375. The molecule has 2 aliphatic rings. The quantitative estimate of drug-likeness (QED) is 0.639. The van der Waals surface area contributed by atoms with E-state index in [2.05, 4.69) is 11.1 Å². The Morgan fingerprint density at radius 1 is 1.19 bits per heavy atom. The lowest BCUT2D eigenvalue weighted by Gasteiger charge is -2.42. The molecule has 5 rings (SSSR count). The van der Waals surface area contributed by atoms with Gasteiger partial charge in [-0.25, -0.2) is 4.98 Å². The van der Waals surface area contributed by atoms with E-state index in [1.807, 2.05) is 44.5 Å². The monoisotopic (exact) mass is 418 g/mol. The number of fused-ring (bicyclic) bond motifs is 4. The van der Waals surface area contributed by atoms with E-state index in [0.717, 1.165) is 35.5 Å². The summed E-state index contributed by atoms with van der Waals surface area (Å²) in [7, 11) is 0. The predicted molar refractivity (Wildman–Crippen MR) is 117 cm³/mol. The number of imidazole rings is 1. The summed E-state index contributed by atoms with van der Waals surface area (Å²) in [4.78, 5) is 31.0. The zero-order valence-electron chi connectivity index (χ0n) is 17.6. The van der Waals surface area contributed by atoms with E-state index in [-0.39, 0.29) is 17.4 Å². The number of benzene rings is 1. The van der Waals surface area contributed by atoms with Crippen molar-refractivity contribution in [3.05, 3.63) is 71.2 Å². The summed E-state index contributed by atoms with van der Waals surface area (Å²) in [5.74, 6) is 1.41. The van der Waals surface area contributed by atoms with Gasteiger partial charge in [0.2, 0.25) is 5.91 Å². The molecule has 0 aliphatic carbocycles. The Balaban J connectivity index is 1.44. The molecular formula is C24H26N4O3. The maximum absolute atomic E-state index is 13.0. The first-order chi connectivity index (χ1) is 15.1. The third-order valence-corrected chi connectivity index (χ3v) is 6.37. The number of hydrogen-bond acceptors (Lipinski definition) is 4. The van der Waals surface area contributed by atoms with Crippen LogP contribution in [0.5, 0.6) is 5.75 Å². The highest BCUT2D eigenvalue weighted by Gasteiger charge is 2.35. The van der Waals surface area contributed by atoms with Crippen molar-refractivity contribution in [1.82, 2.24) is 19.0 Å². The number of hydrogen-bond donors (Lipinski definition) is 0. The minimum atomic E-state index is 0.0201. The van der Waals surface area contributed by atoms with E-state index in [4.69, 9.17) is 4.74 Å². The van der Waals surface area contributed by atoms with Crippen LogP contribution in [0.1, 0.15) is 25.0 Å². The third-order valence-electron chi connectivity index (χ3n) is 6.37. The summed E-state index contributed by atoms with van der Waals surface area (Å²) in [6.45, 7) is 4.94. The minimum absolute atomic E-state index is 0.0201. The van der Waals surface area contributed by atoms with Gasteiger partial charge in [-0.15, -0.1) is 0 Å². The molecule has 0 spiro atoms. The number of para-hydroxylation sites is 1. The molecule has 3 aromatic rings. The Bertz CT molecular complexity index is 1150. The molecule has 0 radical (unpaired) electrons. The maximum Gasteiger partial charge on any atom is 0.251 e. The summed E-state index contributed by atoms with van der Waals surface area (Å²) in [6.07, 6.45) is 6.44. The van der Waals surface area contributed by atoms with Crippen molar-refractivity contribution >= 4 is 5.91 Å². The molecule has 31 heavy (non-hydrogen) atoms. The number of amides is 1. The SMILES string of the molecule is CC(=O)N1C[C@@H]2C[C@H](C1)c1cc(-c3ccccc3OCCn3ccnc3)cc(=O)n1C2. The van der Waals surface area contributed by atoms with Crippen LogP contribution in [0.3, 0.4) is 0 Å². The van der Waals surface area contributed by atoms with Crippen LogP contribution in [0.15, 0.2) is 59.9 Å². The van der Waals surface area contributed by atoms with E-state index in [9.17, 15) is 9.59 Å². The lowest BCUT2D eigenvalue weighted by molar-refractivity contribution is -0.131. The first-order valence-corrected chi connectivity index (χ1v) is 10.8. The highest BCUT2D eigenvalue weighted by atomic mass is 16.5. The first-order valence-electron chi connectivity index (χ1n) is 10.8. The van der Waals surface area contributed by atoms with Crippen LogP contribution in [0, 0.1) is 5.92 Å². The van der Waals surface area contributed by atoms with Gasteiger partial charge in [0.1, 0.15) is 12.4 Å². The van der Waals surface area contributed by atoms with Crippen molar-refractivity contribution in [3.8, 4) is 16.9 Å². The molecule has 2 aromatic heterocycles. The van der Waals surface area contributed by atoms with Gasteiger partial charge in [0, 0.05) is 62.2 Å². The molecule has 7 heteroatoms. The van der Waals surface area contributed by atoms with Gasteiger partial charge in [-0.05, 0) is 30.0 Å². The van der Waals surface area contributed by atoms with Crippen LogP contribution in [-0.4, -0.2) is 44.6 Å². The topological polar surface area (TPSA) is 69.4 Å². The Hall–Kier alpha value is -3.35. The number of ether oxygens (including phenoxy) is 1. The normalized spacial score (nSPS) is 19.7. The van der Waals surface area contributed by atoms with Crippen LogP contribution in [0.25, 0.3) is 11.1 Å². The molecule has 1 aromatic carbocycles. The van der Waals surface area contributed by atoms with Crippen LogP contribution >= 0.6 is 0 Å². The Labute approximate surface area is 180 Å². The second-order valence-corrected chi connectivity index (χ2v) is 8.49. The molecule has 0 saturated carbocycles. The predicted octanol–water partition coefficient (Wildman–Crippen LogP) is 2.76. The maximum atomic E-state index is 13.0. The molecule has 1 amide bonds.